The lowest BCUT2D eigenvalue weighted by atomic mass is 10.3. The van der Waals surface area contributed by atoms with E-state index in [0.29, 0.717) is 36.8 Å². The second kappa shape index (κ2) is 9.25. The number of rotatable bonds is 8. The molecule has 2 aromatic rings. The van der Waals surface area contributed by atoms with Crippen LogP contribution < -0.4 is 10.1 Å². The maximum absolute atomic E-state index is 13.1. The Morgan fingerprint density at radius 2 is 1.96 bits per heavy atom. The Hall–Kier alpha value is -2.11. The zero-order valence-electron chi connectivity index (χ0n) is 13.5. The summed E-state index contributed by atoms with van der Waals surface area (Å²) < 4.78 is 18.7. The number of amides is 1. The fourth-order valence-corrected chi connectivity index (χ4v) is 2.17. The summed E-state index contributed by atoms with van der Waals surface area (Å²) in [7, 11) is 1.92. The molecular weight excluding hydrogens is 331 g/mol. The number of nitrogens with zero attached hydrogens (tertiary/aromatic N) is 1. The van der Waals surface area contributed by atoms with E-state index in [2.05, 4.69) is 5.32 Å². The highest BCUT2D eigenvalue weighted by Crippen LogP contribution is 2.15. The summed E-state index contributed by atoms with van der Waals surface area (Å²) in [5.74, 6) is 0.243. The SMILES string of the molecule is CN(CCOc1ccc(Cl)cc1)CCC(=O)Nc1cccc(F)c1. The molecule has 24 heavy (non-hydrogen) atoms. The molecule has 2 rings (SSSR count). The first-order chi connectivity index (χ1) is 11.5. The molecule has 0 aromatic heterocycles. The third kappa shape index (κ3) is 6.56. The lowest BCUT2D eigenvalue weighted by molar-refractivity contribution is -0.116. The van der Waals surface area contributed by atoms with Gasteiger partial charge in [0.05, 0.1) is 0 Å². The number of nitrogens with one attached hydrogen (secondary N) is 1. The lowest BCUT2D eigenvalue weighted by Gasteiger charge is -2.16. The van der Waals surface area contributed by atoms with Gasteiger partial charge in [0.2, 0.25) is 5.91 Å². The summed E-state index contributed by atoms with van der Waals surface area (Å²) in [5.41, 5.74) is 0.466. The highest BCUT2D eigenvalue weighted by atomic mass is 35.5. The van der Waals surface area contributed by atoms with Gasteiger partial charge in [0.25, 0.3) is 0 Å². The van der Waals surface area contributed by atoms with E-state index in [1.165, 1.54) is 12.1 Å². The molecule has 0 unspecified atom stereocenters. The van der Waals surface area contributed by atoms with Crippen LogP contribution >= 0.6 is 11.6 Å². The number of ether oxygens (including phenoxy) is 1. The molecule has 0 bridgehead atoms. The van der Waals surface area contributed by atoms with Gasteiger partial charge in [-0.15, -0.1) is 0 Å². The molecule has 6 heteroatoms. The van der Waals surface area contributed by atoms with Crippen LogP contribution in [0.25, 0.3) is 0 Å². The Morgan fingerprint density at radius 1 is 1.21 bits per heavy atom. The third-order valence-corrected chi connectivity index (χ3v) is 3.64. The van der Waals surface area contributed by atoms with E-state index in [9.17, 15) is 9.18 Å². The van der Waals surface area contributed by atoms with Crippen LogP contribution in [0.3, 0.4) is 0 Å². The van der Waals surface area contributed by atoms with Crippen LogP contribution in [0.2, 0.25) is 5.02 Å². The number of likely N-dealkylation sites (N-methyl/N-ethyl adjacent to an activating group) is 1. The molecular formula is C18H20ClFN2O2. The molecule has 128 valence electrons. The molecule has 0 fully saturated rings. The van der Waals surface area contributed by atoms with Gasteiger partial charge in [0.1, 0.15) is 18.2 Å². The fraction of sp³-hybridized carbons (Fsp3) is 0.278. The molecule has 4 nitrogen and oxygen atoms in total. The van der Waals surface area contributed by atoms with E-state index < -0.39 is 0 Å². The van der Waals surface area contributed by atoms with E-state index in [1.807, 2.05) is 24.1 Å². The molecule has 0 aliphatic heterocycles. The maximum atomic E-state index is 13.1. The zero-order valence-corrected chi connectivity index (χ0v) is 14.2. The molecule has 0 radical (unpaired) electrons. The highest BCUT2D eigenvalue weighted by Gasteiger charge is 2.06. The second-order valence-corrected chi connectivity index (χ2v) is 5.85. The first kappa shape index (κ1) is 18.2. The van der Waals surface area contributed by atoms with Crippen molar-refractivity contribution >= 4 is 23.2 Å². The predicted octanol–water partition coefficient (Wildman–Crippen LogP) is 3.82. The number of carbonyl (C=O) groups excluding carboxylic acids is 1. The van der Waals surface area contributed by atoms with Gasteiger partial charge < -0.3 is 15.0 Å². The molecule has 0 aliphatic rings. The molecule has 0 aliphatic carbocycles. The van der Waals surface area contributed by atoms with Gasteiger partial charge in [-0.05, 0) is 49.5 Å². The minimum absolute atomic E-state index is 0.147. The molecule has 0 saturated heterocycles. The Labute approximate surface area is 146 Å². The van der Waals surface area contributed by atoms with E-state index in [1.54, 1.807) is 24.3 Å². The van der Waals surface area contributed by atoms with Crippen molar-refractivity contribution in [1.29, 1.82) is 0 Å². The first-order valence-corrected chi connectivity index (χ1v) is 8.03. The Kier molecular flexibility index (Phi) is 7.03. The summed E-state index contributed by atoms with van der Waals surface area (Å²) in [5, 5.41) is 3.35. The Balaban J connectivity index is 1.64. The van der Waals surface area contributed by atoms with Gasteiger partial charge in [-0.2, -0.15) is 0 Å². The maximum Gasteiger partial charge on any atom is 0.225 e. The van der Waals surface area contributed by atoms with Gasteiger partial charge >= 0.3 is 0 Å². The molecule has 1 amide bonds. The van der Waals surface area contributed by atoms with Crippen molar-refractivity contribution < 1.29 is 13.9 Å². The highest BCUT2D eigenvalue weighted by molar-refractivity contribution is 6.30. The van der Waals surface area contributed by atoms with Crippen molar-refractivity contribution in [2.45, 2.75) is 6.42 Å². The van der Waals surface area contributed by atoms with Crippen LogP contribution in [0.1, 0.15) is 6.42 Å². The average molecular weight is 351 g/mol. The molecule has 2 aromatic carbocycles. The summed E-state index contributed by atoms with van der Waals surface area (Å²) in [4.78, 5) is 13.9. The lowest BCUT2D eigenvalue weighted by Crippen LogP contribution is -2.28. The van der Waals surface area contributed by atoms with Crippen LogP contribution in [0.15, 0.2) is 48.5 Å². The smallest absolute Gasteiger partial charge is 0.225 e. The topological polar surface area (TPSA) is 41.6 Å². The summed E-state index contributed by atoms with van der Waals surface area (Å²) in [6, 6.07) is 13.0. The van der Waals surface area contributed by atoms with Crippen LogP contribution in [0, 0.1) is 5.82 Å². The van der Waals surface area contributed by atoms with E-state index in [0.717, 1.165) is 5.75 Å². The minimum atomic E-state index is -0.371. The second-order valence-electron chi connectivity index (χ2n) is 5.41. The third-order valence-electron chi connectivity index (χ3n) is 3.38. The Morgan fingerprint density at radius 3 is 2.67 bits per heavy atom. The van der Waals surface area contributed by atoms with Crippen molar-refractivity contribution in [2.75, 3.05) is 32.1 Å². The van der Waals surface area contributed by atoms with Crippen molar-refractivity contribution in [3.8, 4) is 5.75 Å². The van der Waals surface area contributed by atoms with Crippen molar-refractivity contribution in [3.63, 3.8) is 0 Å². The zero-order chi connectivity index (χ0) is 17.4. The largest absolute Gasteiger partial charge is 0.492 e. The monoisotopic (exact) mass is 350 g/mol. The van der Waals surface area contributed by atoms with E-state index in [4.69, 9.17) is 16.3 Å². The van der Waals surface area contributed by atoms with Crippen LogP contribution in [-0.4, -0.2) is 37.6 Å². The van der Waals surface area contributed by atoms with Crippen molar-refractivity contribution in [1.82, 2.24) is 4.90 Å². The van der Waals surface area contributed by atoms with Gasteiger partial charge in [0, 0.05) is 30.2 Å². The minimum Gasteiger partial charge on any atom is -0.492 e. The fourth-order valence-electron chi connectivity index (χ4n) is 2.04. The molecule has 0 saturated carbocycles. The number of halogens is 2. The van der Waals surface area contributed by atoms with Gasteiger partial charge in [-0.1, -0.05) is 17.7 Å². The summed E-state index contributed by atoms with van der Waals surface area (Å²) in [6.45, 7) is 1.80. The number of hydrogen-bond acceptors (Lipinski definition) is 3. The van der Waals surface area contributed by atoms with Crippen LogP contribution in [0.5, 0.6) is 5.75 Å². The van der Waals surface area contributed by atoms with Gasteiger partial charge in [-0.25, -0.2) is 4.39 Å². The molecule has 0 heterocycles. The van der Waals surface area contributed by atoms with E-state index in [-0.39, 0.29) is 11.7 Å². The summed E-state index contributed by atoms with van der Waals surface area (Å²) >= 11 is 5.81. The first-order valence-electron chi connectivity index (χ1n) is 7.65. The number of anilines is 1. The normalized spacial score (nSPS) is 10.7. The number of benzene rings is 2. The van der Waals surface area contributed by atoms with E-state index >= 15 is 0 Å². The van der Waals surface area contributed by atoms with Crippen LogP contribution in [0.4, 0.5) is 10.1 Å². The van der Waals surface area contributed by atoms with Gasteiger partial charge in [-0.3, -0.25) is 4.79 Å². The quantitative estimate of drug-likeness (QED) is 0.787. The van der Waals surface area contributed by atoms with Crippen LogP contribution in [-0.2, 0) is 4.79 Å². The predicted molar refractivity (Wildman–Crippen MR) is 94.1 cm³/mol. The molecule has 0 spiro atoms. The number of carbonyl (C=O) groups is 1. The molecule has 1 N–H and O–H groups in total. The summed E-state index contributed by atoms with van der Waals surface area (Å²) in [6.07, 6.45) is 0.327. The van der Waals surface area contributed by atoms with Crippen molar-refractivity contribution in [3.05, 3.63) is 59.4 Å². The Bertz CT molecular complexity index is 664. The average Bonchev–Trinajstić information content (AvgIpc) is 2.55. The molecule has 0 atom stereocenters. The van der Waals surface area contributed by atoms with Gasteiger partial charge in [0.15, 0.2) is 0 Å². The number of hydrogen-bond donors (Lipinski definition) is 1. The van der Waals surface area contributed by atoms with Crippen molar-refractivity contribution in [2.24, 2.45) is 0 Å². The standard InChI is InChI=1S/C18H20ClFN2O2/c1-22(11-12-24-17-7-5-14(19)6-8-17)10-9-18(23)21-16-4-2-3-15(20)13-16/h2-8,13H,9-12H2,1H3,(H,21,23).